The number of rotatable bonds is 9. The van der Waals surface area contributed by atoms with E-state index in [2.05, 4.69) is 15.8 Å². The summed E-state index contributed by atoms with van der Waals surface area (Å²) in [6.45, 7) is 4.11. The summed E-state index contributed by atoms with van der Waals surface area (Å²) in [6, 6.07) is 21.7. The van der Waals surface area contributed by atoms with Crippen LogP contribution in [-0.4, -0.2) is 30.6 Å². The van der Waals surface area contributed by atoms with Crippen LogP contribution in [0.1, 0.15) is 49.3 Å². The summed E-state index contributed by atoms with van der Waals surface area (Å²) in [4.78, 5) is 37.0. The van der Waals surface area contributed by atoms with Gasteiger partial charge in [-0.2, -0.15) is 5.10 Å². The van der Waals surface area contributed by atoms with Gasteiger partial charge in [0, 0.05) is 16.8 Å². The van der Waals surface area contributed by atoms with Gasteiger partial charge < -0.3 is 19.2 Å². The molecule has 2 N–H and O–H groups in total. The lowest BCUT2D eigenvalue weighted by atomic mass is 10.1. The topological polar surface area (TPSA) is 119 Å². The normalized spacial score (nSPS) is 10.7. The van der Waals surface area contributed by atoms with E-state index in [1.54, 1.807) is 67.6 Å². The van der Waals surface area contributed by atoms with Crippen molar-refractivity contribution in [1.29, 1.82) is 0 Å². The van der Waals surface area contributed by atoms with E-state index >= 15 is 0 Å². The van der Waals surface area contributed by atoms with Crippen LogP contribution < -0.4 is 20.2 Å². The molecule has 9 heteroatoms. The first-order chi connectivity index (χ1) is 18.4. The standard InChI is InChI=1S/C29H25N3O6/c1-3-36-26-17-20(8-15-24(26)38-29(35)25-5-4-16-37-25)18-30-32-28(34)22-11-13-23(14-12-22)31-27(33)21-9-6-19(2)7-10-21/h4-18H,3H2,1-2H3,(H,31,33)(H,32,34)/b30-18-. The van der Waals surface area contributed by atoms with Gasteiger partial charge in [0.05, 0.1) is 19.1 Å². The molecule has 0 bridgehead atoms. The van der Waals surface area contributed by atoms with Crippen LogP contribution in [0.2, 0.25) is 0 Å². The smallest absolute Gasteiger partial charge is 0.379 e. The van der Waals surface area contributed by atoms with E-state index in [9.17, 15) is 14.4 Å². The molecule has 0 aliphatic carbocycles. The molecule has 0 atom stereocenters. The first-order valence-corrected chi connectivity index (χ1v) is 11.8. The van der Waals surface area contributed by atoms with E-state index in [1.807, 2.05) is 19.1 Å². The highest BCUT2D eigenvalue weighted by atomic mass is 16.6. The predicted octanol–water partition coefficient (Wildman–Crippen LogP) is 5.22. The molecule has 0 saturated heterocycles. The second-order valence-electron chi connectivity index (χ2n) is 8.10. The van der Waals surface area contributed by atoms with Crippen molar-refractivity contribution in [2.75, 3.05) is 11.9 Å². The van der Waals surface area contributed by atoms with Crippen molar-refractivity contribution < 1.29 is 28.3 Å². The van der Waals surface area contributed by atoms with Crippen LogP contribution in [0.5, 0.6) is 11.5 Å². The summed E-state index contributed by atoms with van der Waals surface area (Å²) in [5.41, 5.74) is 5.61. The second kappa shape index (κ2) is 12.2. The molecule has 38 heavy (non-hydrogen) atoms. The fraction of sp³-hybridized carbons (Fsp3) is 0.103. The Bertz CT molecular complexity index is 1440. The van der Waals surface area contributed by atoms with Gasteiger partial charge in [-0.25, -0.2) is 10.2 Å². The number of aryl methyl sites for hydroxylation is 1. The maximum absolute atomic E-state index is 12.5. The number of nitrogens with zero attached hydrogens (tertiary/aromatic N) is 1. The number of hydrogen-bond acceptors (Lipinski definition) is 7. The largest absolute Gasteiger partial charge is 0.490 e. The zero-order valence-electron chi connectivity index (χ0n) is 20.8. The predicted molar refractivity (Wildman–Crippen MR) is 142 cm³/mol. The number of carbonyl (C=O) groups is 3. The van der Waals surface area contributed by atoms with Crippen molar-refractivity contribution in [1.82, 2.24) is 5.43 Å². The molecule has 0 aliphatic rings. The SMILES string of the molecule is CCOc1cc(/C=N\NC(=O)c2ccc(NC(=O)c3ccc(C)cc3)cc2)ccc1OC(=O)c1ccco1. The monoisotopic (exact) mass is 511 g/mol. The Labute approximate surface area is 219 Å². The van der Waals surface area contributed by atoms with E-state index in [0.29, 0.717) is 34.7 Å². The third-order valence-corrected chi connectivity index (χ3v) is 5.29. The Hall–Kier alpha value is -5.18. The van der Waals surface area contributed by atoms with Crippen LogP contribution >= 0.6 is 0 Å². The van der Waals surface area contributed by atoms with E-state index in [-0.39, 0.29) is 17.4 Å². The van der Waals surface area contributed by atoms with Crippen LogP contribution in [0.3, 0.4) is 0 Å². The van der Waals surface area contributed by atoms with Crippen LogP contribution in [0, 0.1) is 6.92 Å². The highest BCUT2D eigenvalue weighted by Gasteiger charge is 2.15. The molecule has 0 radical (unpaired) electrons. The average molecular weight is 512 g/mol. The number of hydrazone groups is 1. The quantitative estimate of drug-likeness (QED) is 0.138. The lowest BCUT2D eigenvalue weighted by Crippen LogP contribution is -2.18. The van der Waals surface area contributed by atoms with E-state index in [1.165, 1.54) is 18.5 Å². The van der Waals surface area contributed by atoms with Crippen LogP contribution in [0.25, 0.3) is 0 Å². The number of nitrogens with one attached hydrogen (secondary N) is 2. The molecule has 1 heterocycles. The molecule has 1 aromatic heterocycles. The molecule has 4 aromatic rings. The average Bonchev–Trinajstić information content (AvgIpc) is 3.46. The van der Waals surface area contributed by atoms with Crippen molar-refractivity contribution in [3.05, 3.63) is 113 Å². The maximum atomic E-state index is 12.5. The van der Waals surface area contributed by atoms with Gasteiger partial charge in [-0.1, -0.05) is 17.7 Å². The van der Waals surface area contributed by atoms with Crippen LogP contribution in [0.4, 0.5) is 5.69 Å². The van der Waals surface area contributed by atoms with E-state index in [0.717, 1.165) is 5.56 Å². The lowest BCUT2D eigenvalue weighted by Gasteiger charge is -2.10. The fourth-order valence-electron chi connectivity index (χ4n) is 3.35. The lowest BCUT2D eigenvalue weighted by molar-refractivity contribution is 0.0694. The molecular formula is C29H25N3O6. The molecule has 0 unspecified atom stereocenters. The second-order valence-corrected chi connectivity index (χ2v) is 8.10. The summed E-state index contributed by atoms with van der Waals surface area (Å²) in [5.74, 6) is -0.672. The number of esters is 1. The Morgan fingerprint density at radius 3 is 2.29 bits per heavy atom. The van der Waals surface area contributed by atoms with Gasteiger partial charge in [-0.05, 0) is 86.1 Å². The Morgan fingerprint density at radius 1 is 0.895 bits per heavy atom. The van der Waals surface area contributed by atoms with E-state index in [4.69, 9.17) is 13.9 Å². The van der Waals surface area contributed by atoms with Crippen molar-refractivity contribution in [2.45, 2.75) is 13.8 Å². The van der Waals surface area contributed by atoms with Gasteiger partial charge in [-0.15, -0.1) is 0 Å². The molecule has 192 valence electrons. The first-order valence-electron chi connectivity index (χ1n) is 11.8. The van der Waals surface area contributed by atoms with Crippen molar-refractivity contribution in [3.8, 4) is 11.5 Å². The molecular weight excluding hydrogens is 486 g/mol. The third-order valence-electron chi connectivity index (χ3n) is 5.29. The highest BCUT2D eigenvalue weighted by molar-refractivity contribution is 6.04. The molecule has 0 spiro atoms. The summed E-state index contributed by atoms with van der Waals surface area (Å²) >= 11 is 0. The molecule has 9 nitrogen and oxygen atoms in total. The minimum Gasteiger partial charge on any atom is -0.490 e. The zero-order chi connectivity index (χ0) is 26.9. The van der Waals surface area contributed by atoms with Crippen molar-refractivity contribution >= 4 is 29.7 Å². The minimum absolute atomic E-state index is 0.0717. The maximum Gasteiger partial charge on any atom is 0.379 e. The number of anilines is 1. The van der Waals surface area contributed by atoms with Gasteiger partial charge in [0.1, 0.15) is 0 Å². The van der Waals surface area contributed by atoms with E-state index < -0.39 is 11.9 Å². The molecule has 2 amide bonds. The fourth-order valence-corrected chi connectivity index (χ4v) is 3.35. The highest BCUT2D eigenvalue weighted by Crippen LogP contribution is 2.29. The Balaban J connectivity index is 1.35. The number of benzene rings is 3. The molecule has 0 saturated carbocycles. The van der Waals surface area contributed by atoms with Gasteiger partial charge in [0.15, 0.2) is 11.5 Å². The Morgan fingerprint density at radius 2 is 1.61 bits per heavy atom. The molecule has 0 fully saturated rings. The number of carbonyl (C=O) groups excluding carboxylic acids is 3. The van der Waals surface area contributed by atoms with Gasteiger partial charge >= 0.3 is 5.97 Å². The number of amides is 2. The molecule has 3 aromatic carbocycles. The third kappa shape index (κ3) is 6.73. The summed E-state index contributed by atoms with van der Waals surface area (Å²) in [7, 11) is 0. The number of ether oxygens (including phenoxy) is 2. The van der Waals surface area contributed by atoms with Gasteiger partial charge in [-0.3, -0.25) is 9.59 Å². The summed E-state index contributed by atoms with van der Waals surface area (Å²) in [5, 5.41) is 6.79. The first kappa shape index (κ1) is 25.9. The van der Waals surface area contributed by atoms with Crippen LogP contribution in [-0.2, 0) is 0 Å². The zero-order valence-corrected chi connectivity index (χ0v) is 20.8. The number of hydrogen-bond donors (Lipinski definition) is 2. The van der Waals surface area contributed by atoms with Crippen LogP contribution in [0.15, 0.2) is 94.6 Å². The number of furan rings is 1. The Kier molecular flexibility index (Phi) is 8.30. The van der Waals surface area contributed by atoms with Crippen molar-refractivity contribution in [2.24, 2.45) is 5.10 Å². The summed E-state index contributed by atoms with van der Waals surface area (Å²) < 4.78 is 16.0. The minimum atomic E-state index is -0.648. The molecule has 4 rings (SSSR count). The van der Waals surface area contributed by atoms with Crippen molar-refractivity contribution in [3.63, 3.8) is 0 Å². The van der Waals surface area contributed by atoms with Gasteiger partial charge in [0.2, 0.25) is 5.76 Å². The molecule has 0 aliphatic heterocycles. The summed E-state index contributed by atoms with van der Waals surface area (Å²) in [6.07, 6.45) is 2.82. The van der Waals surface area contributed by atoms with Gasteiger partial charge in [0.25, 0.3) is 11.8 Å².